The summed E-state index contributed by atoms with van der Waals surface area (Å²) in [6.07, 6.45) is 4.83. The minimum Gasteiger partial charge on any atom is -0.465 e. The summed E-state index contributed by atoms with van der Waals surface area (Å²) < 4.78 is 11.2. The maximum atomic E-state index is 13.5. The number of fused-ring (bicyclic) bond motifs is 2. The average molecular weight is 478 g/mol. The number of furan rings is 1. The molecule has 178 valence electrons. The van der Waals surface area contributed by atoms with E-state index in [9.17, 15) is 14.9 Å². The molecule has 0 saturated heterocycles. The number of carbonyl (C=O) groups excluding carboxylic acids is 2. The number of allylic oxidation sites excluding steroid dienone is 1. The van der Waals surface area contributed by atoms with Crippen LogP contribution in [0.4, 0.5) is 5.69 Å². The zero-order valence-electron chi connectivity index (χ0n) is 19.7. The molecule has 2 heterocycles. The highest BCUT2D eigenvalue weighted by Crippen LogP contribution is 2.36. The molecule has 2 aromatic carbocycles. The third-order valence-corrected chi connectivity index (χ3v) is 6.19. The zero-order chi connectivity index (χ0) is 25.1. The van der Waals surface area contributed by atoms with Crippen molar-refractivity contribution in [3.63, 3.8) is 0 Å². The highest BCUT2D eigenvalue weighted by atomic mass is 16.5. The van der Waals surface area contributed by atoms with E-state index in [4.69, 9.17) is 14.1 Å². The summed E-state index contributed by atoms with van der Waals surface area (Å²) in [6.45, 7) is 1.51. The fourth-order valence-corrected chi connectivity index (χ4v) is 4.45. The topological polar surface area (TPSA) is 105 Å². The second-order valence-electron chi connectivity index (χ2n) is 8.56. The largest absolute Gasteiger partial charge is 0.465 e. The van der Waals surface area contributed by atoms with Crippen LogP contribution in [-0.2, 0) is 16.0 Å². The lowest BCUT2D eigenvalue weighted by Crippen LogP contribution is -2.31. The van der Waals surface area contributed by atoms with Crippen molar-refractivity contribution in [3.8, 4) is 6.07 Å². The summed E-state index contributed by atoms with van der Waals surface area (Å²) in [6, 6.07) is 19.8. The van der Waals surface area contributed by atoms with Gasteiger partial charge in [0.25, 0.3) is 5.91 Å². The van der Waals surface area contributed by atoms with Gasteiger partial charge in [0.1, 0.15) is 11.8 Å². The second kappa shape index (κ2) is 9.88. The first kappa shape index (κ1) is 23.1. The Morgan fingerprint density at radius 2 is 1.92 bits per heavy atom. The van der Waals surface area contributed by atoms with Gasteiger partial charge in [0.05, 0.1) is 34.3 Å². The SMILES string of the molecule is CC(OC(=O)c1c2c(nc3ccccc13)/C(=C\c1ccco1)CCC2)C(=O)Nc1ccccc1C#N. The number of aromatic nitrogens is 1. The Kier molecular flexibility index (Phi) is 6.33. The average Bonchev–Trinajstić information content (AvgIpc) is 3.41. The molecule has 0 aliphatic heterocycles. The van der Waals surface area contributed by atoms with Crippen LogP contribution in [0.15, 0.2) is 71.3 Å². The van der Waals surface area contributed by atoms with Crippen LogP contribution in [-0.4, -0.2) is 23.0 Å². The third kappa shape index (κ3) is 4.49. The molecule has 0 spiro atoms. The maximum Gasteiger partial charge on any atom is 0.339 e. The highest BCUT2D eigenvalue weighted by Gasteiger charge is 2.28. The molecule has 0 saturated carbocycles. The molecule has 1 unspecified atom stereocenters. The Hall–Kier alpha value is -4.70. The Balaban J connectivity index is 1.48. The summed E-state index contributed by atoms with van der Waals surface area (Å²) in [5.41, 5.74) is 4.36. The van der Waals surface area contributed by atoms with Gasteiger partial charge in [0.2, 0.25) is 0 Å². The number of nitriles is 1. The van der Waals surface area contributed by atoms with Crippen molar-refractivity contribution in [2.75, 3.05) is 5.32 Å². The zero-order valence-corrected chi connectivity index (χ0v) is 19.7. The second-order valence-corrected chi connectivity index (χ2v) is 8.56. The van der Waals surface area contributed by atoms with Crippen LogP contribution >= 0.6 is 0 Å². The van der Waals surface area contributed by atoms with Crippen LogP contribution in [0.5, 0.6) is 0 Å². The molecular formula is C29H23N3O4. The minimum atomic E-state index is -1.08. The van der Waals surface area contributed by atoms with Crippen LogP contribution in [0.3, 0.4) is 0 Å². The van der Waals surface area contributed by atoms with Crippen LogP contribution in [0.2, 0.25) is 0 Å². The summed E-state index contributed by atoms with van der Waals surface area (Å²) in [5.74, 6) is -0.378. The summed E-state index contributed by atoms with van der Waals surface area (Å²) >= 11 is 0. The number of hydrogen-bond donors (Lipinski definition) is 1. The van der Waals surface area contributed by atoms with Crippen LogP contribution in [0.25, 0.3) is 22.6 Å². The van der Waals surface area contributed by atoms with Gasteiger partial charge in [-0.05, 0) is 73.7 Å². The van der Waals surface area contributed by atoms with E-state index in [-0.39, 0.29) is 0 Å². The molecule has 4 aromatic rings. The molecule has 2 aromatic heterocycles. The molecule has 36 heavy (non-hydrogen) atoms. The molecule has 1 aliphatic carbocycles. The van der Waals surface area contributed by atoms with Crippen molar-refractivity contribution in [3.05, 3.63) is 95.1 Å². The Morgan fingerprint density at radius 3 is 2.72 bits per heavy atom. The first-order chi connectivity index (χ1) is 17.5. The molecule has 7 nitrogen and oxygen atoms in total. The van der Waals surface area contributed by atoms with Gasteiger partial charge in [-0.15, -0.1) is 0 Å². The van der Waals surface area contributed by atoms with Crippen molar-refractivity contribution < 1.29 is 18.7 Å². The monoisotopic (exact) mass is 477 g/mol. The van der Waals surface area contributed by atoms with Gasteiger partial charge < -0.3 is 14.5 Å². The molecular weight excluding hydrogens is 454 g/mol. The molecule has 0 fully saturated rings. The Labute approximate surface area is 208 Å². The van der Waals surface area contributed by atoms with E-state index >= 15 is 0 Å². The number of amides is 1. The maximum absolute atomic E-state index is 13.5. The van der Waals surface area contributed by atoms with E-state index in [2.05, 4.69) is 5.32 Å². The number of hydrogen-bond acceptors (Lipinski definition) is 6. The number of nitrogens with one attached hydrogen (secondary N) is 1. The fourth-order valence-electron chi connectivity index (χ4n) is 4.45. The number of para-hydroxylation sites is 2. The van der Waals surface area contributed by atoms with Gasteiger partial charge in [0, 0.05) is 5.39 Å². The fraction of sp³-hybridized carbons (Fsp3) is 0.172. The van der Waals surface area contributed by atoms with Crippen molar-refractivity contribution in [1.82, 2.24) is 4.98 Å². The quantitative estimate of drug-likeness (QED) is 0.366. The van der Waals surface area contributed by atoms with Crippen molar-refractivity contribution >= 4 is 40.1 Å². The van der Waals surface area contributed by atoms with E-state index in [1.807, 2.05) is 48.5 Å². The van der Waals surface area contributed by atoms with Gasteiger partial charge >= 0.3 is 5.97 Å². The predicted octanol–water partition coefficient (Wildman–Crippen LogP) is 5.76. The van der Waals surface area contributed by atoms with Crippen molar-refractivity contribution in [2.24, 2.45) is 0 Å². The van der Waals surface area contributed by atoms with Crippen molar-refractivity contribution in [1.29, 1.82) is 5.26 Å². The highest BCUT2D eigenvalue weighted by molar-refractivity contribution is 6.07. The molecule has 0 radical (unpaired) electrons. The number of esters is 1. The van der Waals surface area contributed by atoms with Crippen LogP contribution in [0, 0.1) is 11.3 Å². The number of anilines is 1. The smallest absolute Gasteiger partial charge is 0.339 e. The third-order valence-electron chi connectivity index (χ3n) is 6.19. The number of ether oxygens (including phenoxy) is 1. The van der Waals surface area contributed by atoms with E-state index < -0.39 is 18.0 Å². The lowest BCUT2D eigenvalue weighted by atomic mass is 9.86. The van der Waals surface area contributed by atoms with Crippen LogP contribution < -0.4 is 5.32 Å². The number of nitrogens with zero attached hydrogens (tertiary/aromatic N) is 2. The minimum absolute atomic E-state index is 0.328. The normalized spacial score (nSPS) is 14.6. The van der Waals surface area contributed by atoms with Gasteiger partial charge in [-0.1, -0.05) is 30.3 Å². The molecule has 7 heteroatoms. The standard InChI is InChI=1S/C29H23N3O4/c1-18(28(33)32-24-13-4-2-8-20(24)17-30)36-29(34)26-22-11-3-5-14-25(22)31-27-19(9-6-12-23(26)27)16-21-10-7-15-35-21/h2-5,7-8,10-11,13-16,18H,6,9,12H2,1H3,(H,32,33)/b19-16-. The van der Waals surface area contributed by atoms with Gasteiger partial charge in [-0.3, -0.25) is 4.79 Å². The van der Waals surface area contributed by atoms with Gasteiger partial charge in [0.15, 0.2) is 6.10 Å². The lowest BCUT2D eigenvalue weighted by Gasteiger charge is -2.23. The van der Waals surface area contributed by atoms with Crippen LogP contribution in [0.1, 0.15) is 52.7 Å². The lowest BCUT2D eigenvalue weighted by molar-refractivity contribution is -0.123. The van der Waals surface area contributed by atoms with E-state index in [1.54, 1.807) is 30.5 Å². The number of carbonyl (C=O) groups is 2. The number of rotatable bonds is 5. The predicted molar refractivity (Wildman–Crippen MR) is 136 cm³/mol. The first-order valence-electron chi connectivity index (χ1n) is 11.7. The summed E-state index contributed by atoms with van der Waals surface area (Å²) in [5, 5.41) is 12.6. The molecule has 1 N–H and O–H groups in total. The summed E-state index contributed by atoms with van der Waals surface area (Å²) in [7, 11) is 0. The number of pyridine rings is 1. The van der Waals surface area contributed by atoms with Gasteiger partial charge in [-0.25, -0.2) is 9.78 Å². The van der Waals surface area contributed by atoms with E-state index in [1.165, 1.54) is 6.92 Å². The Bertz CT molecular complexity index is 1530. The van der Waals surface area contributed by atoms with Crippen molar-refractivity contribution in [2.45, 2.75) is 32.3 Å². The molecule has 5 rings (SSSR count). The summed E-state index contributed by atoms with van der Waals surface area (Å²) in [4.78, 5) is 31.2. The molecule has 1 atom stereocenters. The van der Waals surface area contributed by atoms with E-state index in [0.29, 0.717) is 34.1 Å². The first-order valence-corrected chi connectivity index (χ1v) is 11.7. The number of benzene rings is 2. The Morgan fingerprint density at radius 1 is 1.11 bits per heavy atom. The van der Waals surface area contributed by atoms with E-state index in [0.717, 1.165) is 35.4 Å². The van der Waals surface area contributed by atoms with Gasteiger partial charge in [-0.2, -0.15) is 5.26 Å². The molecule has 1 aliphatic rings. The molecule has 1 amide bonds. The molecule has 0 bridgehead atoms.